The molecule has 3 heterocycles. The fraction of sp³-hybridized carbons (Fsp3) is 0.833. The van der Waals surface area contributed by atoms with Crippen molar-refractivity contribution in [1.29, 1.82) is 0 Å². The first kappa shape index (κ1) is 12.8. The average molecular weight is 287 g/mol. The number of hydrogen-bond acceptors (Lipinski definition) is 5. The van der Waals surface area contributed by atoms with E-state index in [-0.39, 0.29) is 0 Å². The Balaban J connectivity index is 1.69. The molecule has 0 radical (unpaired) electrons. The van der Waals surface area contributed by atoms with E-state index in [0.29, 0.717) is 12.1 Å². The highest BCUT2D eigenvalue weighted by molar-refractivity contribution is 7.10. The Labute approximate surface area is 117 Å². The monoisotopic (exact) mass is 286 g/mol. The maximum absolute atomic E-state index is 6.12. The quantitative estimate of drug-likeness (QED) is 0.926. The Bertz CT molecular complexity index is 391. The molecule has 1 aromatic heterocycles. The van der Waals surface area contributed by atoms with Gasteiger partial charge >= 0.3 is 0 Å². The third-order valence-electron chi connectivity index (χ3n) is 4.09. The van der Waals surface area contributed by atoms with Crippen LogP contribution in [0.3, 0.4) is 0 Å². The van der Waals surface area contributed by atoms with Crippen molar-refractivity contribution in [3.8, 4) is 0 Å². The van der Waals surface area contributed by atoms with Gasteiger partial charge in [0.05, 0.1) is 0 Å². The summed E-state index contributed by atoms with van der Waals surface area (Å²) < 4.78 is 4.68. The van der Waals surface area contributed by atoms with Gasteiger partial charge in [0.2, 0.25) is 0 Å². The largest absolute Gasteiger partial charge is 0.312 e. The highest BCUT2D eigenvalue weighted by Gasteiger charge is 2.32. The van der Waals surface area contributed by atoms with E-state index in [1.54, 1.807) is 0 Å². The van der Waals surface area contributed by atoms with Gasteiger partial charge in [-0.3, -0.25) is 4.90 Å². The normalized spacial score (nSPS) is 29.8. The molecule has 0 amide bonds. The molecule has 18 heavy (non-hydrogen) atoms. The number of halogens is 1. The van der Waals surface area contributed by atoms with Gasteiger partial charge in [-0.1, -0.05) is 22.5 Å². The van der Waals surface area contributed by atoms with E-state index in [9.17, 15) is 0 Å². The van der Waals surface area contributed by atoms with Crippen LogP contribution in [0.5, 0.6) is 0 Å². The smallest absolute Gasteiger partial charge is 0.138 e. The molecule has 6 heteroatoms. The van der Waals surface area contributed by atoms with Crippen LogP contribution in [0.15, 0.2) is 0 Å². The molecule has 0 spiro atoms. The molecule has 0 aliphatic carbocycles. The van der Waals surface area contributed by atoms with Crippen LogP contribution in [-0.2, 0) is 6.54 Å². The molecular weight excluding hydrogens is 268 g/mol. The van der Waals surface area contributed by atoms with Crippen LogP contribution >= 0.6 is 23.1 Å². The topological polar surface area (TPSA) is 41.1 Å². The number of likely N-dealkylation sites (tertiary alicyclic amines) is 1. The van der Waals surface area contributed by atoms with Crippen LogP contribution in [0.4, 0.5) is 0 Å². The summed E-state index contributed by atoms with van der Waals surface area (Å²) in [5.74, 6) is 0. The molecule has 2 atom stereocenters. The molecule has 0 saturated carbocycles. The third kappa shape index (κ3) is 2.69. The van der Waals surface area contributed by atoms with Gasteiger partial charge in [-0.15, -0.1) is 5.10 Å². The van der Waals surface area contributed by atoms with Crippen molar-refractivity contribution in [3.05, 3.63) is 10.0 Å². The van der Waals surface area contributed by atoms with Crippen LogP contribution in [-0.4, -0.2) is 39.7 Å². The lowest BCUT2D eigenvalue weighted by Gasteiger charge is -2.38. The van der Waals surface area contributed by atoms with E-state index >= 15 is 0 Å². The predicted octanol–water partition coefficient (Wildman–Crippen LogP) is 2.30. The van der Waals surface area contributed by atoms with E-state index in [4.69, 9.17) is 11.6 Å². The summed E-state index contributed by atoms with van der Waals surface area (Å²) >= 11 is 7.41. The van der Waals surface area contributed by atoms with Gasteiger partial charge in [0.15, 0.2) is 0 Å². The highest BCUT2D eigenvalue weighted by atomic mass is 35.5. The van der Waals surface area contributed by atoms with Crippen LogP contribution in [0.1, 0.15) is 37.8 Å². The van der Waals surface area contributed by atoms with Gasteiger partial charge in [-0.05, 0) is 38.8 Å². The Morgan fingerprint density at radius 1 is 1.33 bits per heavy atom. The molecule has 0 aromatic carbocycles. The SMILES string of the molecule is Clc1snnc1CN1CCCCC1C1CCCN1. The Kier molecular flexibility index (Phi) is 4.13. The van der Waals surface area contributed by atoms with Gasteiger partial charge < -0.3 is 5.32 Å². The average Bonchev–Trinajstić information content (AvgIpc) is 3.03. The van der Waals surface area contributed by atoms with Gasteiger partial charge in [-0.25, -0.2) is 0 Å². The number of hydrogen-bond donors (Lipinski definition) is 1. The zero-order valence-corrected chi connectivity index (χ0v) is 12.0. The molecular formula is C12H19ClN4S. The summed E-state index contributed by atoms with van der Waals surface area (Å²) in [6, 6.07) is 1.31. The molecule has 2 saturated heterocycles. The van der Waals surface area contributed by atoms with Crippen molar-refractivity contribution >= 4 is 23.1 Å². The molecule has 2 fully saturated rings. The molecule has 100 valence electrons. The number of nitrogens with zero attached hydrogens (tertiary/aromatic N) is 3. The lowest BCUT2D eigenvalue weighted by Crippen LogP contribution is -2.49. The zero-order chi connectivity index (χ0) is 12.4. The van der Waals surface area contributed by atoms with Crippen molar-refractivity contribution in [2.24, 2.45) is 0 Å². The summed E-state index contributed by atoms with van der Waals surface area (Å²) in [5.41, 5.74) is 0.951. The molecule has 1 aromatic rings. The first-order valence-corrected chi connectivity index (χ1v) is 7.94. The molecule has 4 nitrogen and oxygen atoms in total. The second-order valence-corrected chi connectivity index (χ2v) is 6.59. The van der Waals surface area contributed by atoms with Crippen molar-refractivity contribution in [3.63, 3.8) is 0 Å². The molecule has 2 aliphatic rings. The molecule has 3 rings (SSSR count). The van der Waals surface area contributed by atoms with Crippen molar-refractivity contribution < 1.29 is 0 Å². The van der Waals surface area contributed by atoms with Crippen LogP contribution in [0.25, 0.3) is 0 Å². The van der Waals surface area contributed by atoms with E-state index in [0.717, 1.165) is 23.1 Å². The standard InChI is InChI=1S/C12H19ClN4S/c13-12-10(15-16-18-12)8-17-7-2-1-5-11(17)9-4-3-6-14-9/h9,11,14H,1-8H2. The van der Waals surface area contributed by atoms with E-state index in [1.807, 2.05) is 0 Å². The third-order valence-corrected chi connectivity index (χ3v) is 5.07. The summed E-state index contributed by atoms with van der Waals surface area (Å²) in [4.78, 5) is 2.55. The van der Waals surface area contributed by atoms with Crippen molar-refractivity contribution in [1.82, 2.24) is 19.8 Å². The summed E-state index contributed by atoms with van der Waals surface area (Å²) in [6.45, 7) is 3.20. The van der Waals surface area contributed by atoms with Gasteiger partial charge in [-0.2, -0.15) is 0 Å². The van der Waals surface area contributed by atoms with Crippen molar-refractivity contribution in [2.45, 2.75) is 50.7 Å². The number of rotatable bonds is 3. The molecule has 1 N–H and O–H groups in total. The molecule has 2 aliphatic heterocycles. The summed E-state index contributed by atoms with van der Waals surface area (Å²) in [6.07, 6.45) is 6.56. The molecule has 2 unspecified atom stereocenters. The summed E-state index contributed by atoms with van der Waals surface area (Å²) in [5, 5.41) is 7.79. The first-order chi connectivity index (χ1) is 8.84. The fourth-order valence-corrected chi connectivity index (χ4v) is 3.80. The van der Waals surface area contributed by atoms with Gasteiger partial charge in [0.1, 0.15) is 10.0 Å². The van der Waals surface area contributed by atoms with Gasteiger partial charge in [0, 0.05) is 30.2 Å². The summed E-state index contributed by atoms with van der Waals surface area (Å²) in [7, 11) is 0. The zero-order valence-electron chi connectivity index (χ0n) is 10.4. The number of aromatic nitrogens is 2. The number of nitrogens with one attached hydrogen (secondary N) is 1. The van der Waals surface area contributed by atoms with Crippen LogP contribution in [0.2, 0.25) is 4.34 Å². The Morgan fingerprint density at radius 2 is 2.28 bits per heavy atom. The second-order valence-electron chi connectivity index (χ2n) is 5.23. The minimum Gasteiger partial charge on any atom is -0.312 e. The number of piperidine rings is 1. The van der Waals surface area contributed by atoms with E-state index < -0.39 is 0 Å². The highest BCUT2D eigenvalue weighted by Crippen LogP contribution is 2.27. The Hall–Kier alpha value is -0.230. The predicted molar refractivity (Wildman–Crippen MR) is 74.0 cm³/mol. The molecule has 0 bridgehead atoms. The lowest BCUT2D eigenvalue weighted by atomic mass is 9.94. The van der Waals surface area contributed by atoms with Gasteiger partial charge in [0.25, 0.3) is 0 Å². The lowest BCUT2D eigenvalue weighted by molar-refractivity contribution is 0.111. The van der Waals surface area contributed by atoms with Crippen molar-refractivity contribution in [2.75, 3.05) is 13.1 Å². The minimum atomic E-state index is 0.652. The van der Waals surface area contributed by atoms with E-state index in [1.165, 1.54) is 50.2 Å². The fourth-order valence-electron chi connectivity index (χ4n) is 3.19. The Morgan fingerprint density at radius 3 is 3.00 bits per heavy atom. The first-order valence-electron chi connectivity index (χ1n) is 6.79. The van der Waals surface area contributed by atoms with Crippen LogP contribution < -0.4 is 5.32 Å². The van der Waals surface area contributed by atoms with Crippen LogP contribution in [0, 0.1) is 0 Å². The minimum absolute atomic E-state index is 0.652. The second kappa shape index (κ2) is 5.82. The maximum atomic E-state index is 6.12. The maximum Gasteiger partial charge on any atom is 0.138 e. The van der Waals surface area contributed by atoms with E-state index in [2.05, 4.69) is 19.8 Å².